The fraction of sp³-hybridized carbons (Fsp3) is 0.455. The predicted octanol–water partition coefficient (Wildman–Crippen LogP) is 2.05. The van der Waals surface area contributed by atoms with Crippen LogP contribution >= 0.6 is 11.6 Å². The molecule has 0 aliphatic carbocycles. The zero-order chi connectivity index (χ0) is 12.1. The lowest BCUT2D eigenvalue weighted by Gasteiger charge is -2.13. The topological polar surface area (TPSA) is 68.0 Å². The van der Waals surface area contributed by atoms with Gasteiger partial charge in [-0.1, -0.05) is 31.5 Å². The number of hydrogen-bond donors (Lipinski definition) is 2. The van der Waals surface area contributed by atoms with Crippen LogP contribution in [0.2, 0.25) is 5.15 Å². The molecule has 1 unspecified atom stereocenters. The molecule has 1 atom stereocenters. The van der Waals surface area contributed by atoms with Crippen molar-refractivity contribution in [3.63, 3.8) is 0 Å². The van der Waals surface area contributed by atoms with Crippen molar-refractivity contribution in [3.05, 3.63) is 23.4 Å². The van der Waals surface area contributed by atoms with Gasteiger partial charge in [0.05, 0.1) is 6.04 Å². The van der Waals surface area contributed by atoms with Crippen LogP contribution in [0.1, 0.15) is 20.3 Å². The third-order valence-electron chi connectivity index (χ3n) is 2.03. The van der Waals surface area contributed by atoms with Gasteiger partial charge in [-0.25, -0.2) is 4.98 Å². The normalized spacial score (nSPS) is 12.6. The molecule has 0 bridgehead atoms. The maximum absolute atomic E-state index is 11.6. The average Bonchev–Trinajstić information content (AvgIpc) is 2.16. The van der Waals surface area contributed by atoms with E-state index in [1.54, 1.807) is 18.2 Å². The maximum atomic E-state index is 11.6. The van der Waals surface area contributed by atoms with E-state index >= 15 is 0 Å². The summed E-state index contributed by atoms with van der Waals surface area (Å²) in [5.41, 5.74) is 5.73. The number of carbonyl (C=O) groups excluding carboxylic acids is 1. The van der Waals surface area contributed by atoms with Crippen LogP contribution in [0.4, 0.5) is 5.82 Å². The van der Waals surface area contributed by atoms with Gasteiger partial charge in [-0.3, -0.25) is 4.79 Å². The minimum Gasteiger partial charge on any atom is -0.320 e. The smallest absolute Gasteiger partial charge is 0.242 e. The Morgan fingerprint density at radius 2 is 2.25 bits per heavy atom. The van der Waals surface area contributed by atoms with E-state index in [4.69, 9.17) is 17.3 Å². The van der Waals surface area contributed by atoms with Crippen molar-refractivity contribution in [3.8, 4) is 0 Å². The summed E-state index contributed by atoms with van der Waals surface area (Å²) in [4.78, 5) is 15.6. The van der Waals surface area contributed by atoms with E-state index in [-0.39, 0.29) is 5.91 Å². The monoisotopic (exact) mass is 241 g/mol. The Kier molecular flexibility index (Phi) is 4.71. The van der Waals surface area contributed by atoms with E-state index in [1.165, 1.54) is 0 Å². The highest BCUT2D eigenvalue weighted by Crippen LogP contribution is 2.10. The number of nitrogens with zero attached hydrogens (tertiary/aromatic N) is 1. The van der Waals surface area contributed by atoms with Gasteiger partial charge in [0, 0.05) is 0 Å². The van der Waals surface area contributed by atoms with Crippen LogP contribution in [0.5, 0.6) is 0 Å². The first-order valence-electron chi connectivity index (χ1n) is 5.18. The van der Waals surface area contributed by atoms with Crippen LogP contribution in [0.25, 0.3) is 0 Å². The van der Waals surface area contributed by atoms with Crippen LogP contribution in [0.3, 0.4) is 0 Å². The Labute approximate surface area is 100 Å². The van der Waals surface area contributed by atoms with Gasteiger partial charge in [0.1, 0.15) is 11.0 Å². The Balaban J connectivity index is 2.57. The quantitative estimate of drug-likeness (QED) is 0.793. The second kappa shape index (κ2) is 5.82. The van der Waals surface area contributed by atoms with Crippen molar-refractivity contribution >= 4 is 23.3 Å². The Bertz CT molecular complexity index is 368. The van der Waals surface area contributed by atoms with Gasteiger partial charge in [0.2, 0.25) is 5.91 Å². The molecule has 3 N–H and O–H groups in total. The second-order valence-corrected chi connectivity index (χ2v) is 4.46. The summed E-state index contributed by atoms with van der Waals surface area (Å²) in [5, 5.41) is 2.97. The van der Waals surface area contributed by atoms with Crippen LogP contribution < -0.4 is 11.1 Å². The number of halogens is 1. The van der Waals surface area contributed by atoms with Crippen molar-refractivity contribution in [1.29, 1.82) is 0 Å². The lowest BCUT2D eigenvalue weighted by atomic mass is 10.0. The molecule has 0 aliphatic heterocycles. The first-order valence-corrected chi connectivity index (χ1v) is 5.56. The summed E-state index contributed by atoms with van der Waals surface area (Å²) in [6.45, 7) is 4.04. The SMILES string of the molecule is CC(C)CC(N)C(=O)Nc1cccc(Cl)n1. The van der Waals surface area contributed by atoms with Gasteiger partial charge in [0.15, 0.2) is 0 Å². The first-order chi connectivity index (χ1) is 7.49. The lowest BCUT2D eigenvalue weighted by molar-refractivity contribution is -0.117. The van der Waals surface area contributed by atoms with E-state index in [0.717, 1.165) is 0 Å². The molecule has 1 rings (SSSR count). The van der Waals surface area contributed by atoms with E-state index in [1.807, 2.05) is 13.8 Å². The molecule has 0 spiro atoms. The molecule has 0 aliphatic rings. The van der Waals surface area contributed by atoms with Gasteiger partial charge in [0.25, 0.3) is 0 Å². The number of nitrogens with one attached hydrogen (secondary N) is 1. The summed E-state index contributed by atoms with van der Waals surface area (Å²) in [7, 11) is 0. The van der Waals surface area contributed by atoms with Crippen molar-refractivity contribution in [1.82, 2.24) is 4.98 Å². The molecule has 16 heavy (non-hydrogen) atoms. The fourth-order valence-corrected chi connectivity index (χ4v) is 1.48. The number of anilines is 1. The van der Waals surface area contributed by atoms with Crippen LogP contribution in [0, 0.1) is 5.92 Å². The lowest BCUT2D eigenvalue weighted by Crippen LogP contribution is -2.36. The molecule has 1 aromatic heterocycles. The summed E-state index contributed by atoms with van der Waals surface area (Å²) in [5.74, 6) is 0.577. The highest BCUT2D eigenvalue weighted by molar-refractivity contribution is 6.29. The summed E-state index contributed by atoms with van der Waals surface area (Å²) in [6.07, 6.45) is 0.645. The third-order valence-corrected chi connectivity index (χ3v) is 2.24. The summed E-state index contributed by atoms with van der Waals surface area (Å²) < 4.78 is 0. The first kappa shape index (κ1) is 12.9. The number of rotatable bonds is 4. The van der Waals surface area contributed by atoms with Crippen molar-refractivity contribution in [2.24, 2.45) is 11.7 Å². The standard InChI is InChI=1S/C11H16ClN3O/c1-7(2)6-8(13)11(16)15-10-5-3-4-9(12)14-10/h3-5,7-8H,6,13H2,1-2H3,(H,14,15,16). The molecule has 0 aromatic carbocycles. The number of amides is 1. The highest BCUT2D eigenvalue weighted by atomic mass is 35.5. The van der Waals surface area contributed by atoms with E-state index < -0.39 is 6.04 Å². The Morgan fingerprint density at radius 1 is 1.56 bits per heavy atom. The fourth-order valence-electron chi connectivity index (χ4n) is 1.31. The summed E-state index contributed by atoms with van der Waals surface area (Å²) in [6, 6.07) is 4.52. The zero-order valence-corrected chi connectivity index (χ0v) is 10.2. The molecule has 0 radical (unpaired) electrons. The summed E-state index contributed by atoms with van der Waals surface area (Å²) >= 11 is 5.70. The average molecular weight is 242 g/mol. The van der Waals surface area contributed by atoms with Gasteiger partial charge >= 0.3 is 0 Å². The van der Waals surface area contributed by atoms with Crippen molar-refractivity contribution in [2.45, 2.75) is 26.3 Å². The molecule has 5 heteroatoms. The van der Waals surface area contributed by atoms with Gasteiger partial charge < -0.3 is 11.1 Å². The number of pyridine rings is 1. The van der Waals surface area contributed by atoms with Gasteiger partial charge in [-0.2, -0.15) is 0 Å². The molecule has 1 amide bonds. The molecular formula is C11H16ClN3O. The van der Waals surface area contributed by atoms with Crippen LogP contribution in [-0.2, 0) is 4.79 Å². The Hall–Kier alpha value is -1.13. The number of aromatic nitrogens is 1. The van der Waals surface area contributed by atoms with Crippen molar-refractivity contribution < 1.29 is 4.79 Å². The van der Waals surface area contributed by atoms with E-state index in [2.05, 4.69) is 10.3 Å². The molecular weight excluding hydrogens is 226 g/mol. The third kappa shape index (κ3) is 4.16. The molecule has 0 saturated heterocycles. The zero-order valence-electron chi connectivity index (χ0n) is 9.40. The number of carbonyl (C=O) groups is 1. The van der Waals surface area contributed by atoms with Crippen LogP contribution in [0.15, 0.2) is 18.2 Å². The maximum Gasteiger partial charge on any atom is 0.242 e. The van der Waals surface area contributed by atoms with Gasteiger partial charge in [-0.15, -0.1) is 0 Å². The van der Waals surface area contributed by atoms with E-state index in [9.17, 15) is 4.79 Å². The highest BCUT2D eigenvalue weighted by Gasteiger charge is 2.15. The van der Waals surface area contributed by atoms with Gasteiger partial charge in [-0.05, 0) is 24.5 Å². The predicted molar refractivity (Wildman–Crippen MR) is 65.3 cm³/mol. The Morgan fingerprint density at radius 3 is 2.81 bits per heavy atom. The number of nitrogens with two attached hydrogens (primary N) is 1. The second-order valence-electron chi connectivity index (χ2n) is 4.07. The largest absolute Gasteiger partial charge is 0.320 e. The van der Waals surface area contributed by atoms with Crippen molar-refractivity contribution in [2.75, 3.05) is 5.32 Å². The molecule has 1 aromatic rings. The molecule has 88 valence electrons. The molecule has 4 nitrogen and oxygen atoms in total. The van der Waals surface area contributed by atoms with E-state index in [0.29, 0.717) is 23.3 Å². The number of hydrogen-bond acceptors (Lipinski definition) is 3. The minimum atomic E-state index is -0.513. The molecule has 1 heterocycles. The van der Waals surface area contributed by atoms with Crippen LogP contribution in [-0.4, -0.2) is 16.9 Å². The molecule has 0 fully saturated rings. The molecule has 0 saturated carbocycles. The minimum absolute atomic E-state index is 0.233.